The summed E-state index contributed by atoms with van der Waals surface area (Å²) < 4.78 is 1.45. The summed E-state index contributed by atoms with van der Waals surface area (Å²) >= 11 is 2.50. The van der Waals surface area contributed by atoms with Crippen molar-refractivity contribution in [3.8, 4) is 0 Å². The Labute approximate surface area is 130 Å². The van der Waals surface area contributed by atoms with Gasteiger partial charge in [-0.3, -0.25) is 4.90 Å². The predicted molar refractivity (Wildman–Crippen MR) is 87.3 cm³/mol. The lowest BCUT2D eigenvalue weighted by Gasteiger charge is -2.45. The molecular formula is C15H21ClIN. The molecule has 0 unspecified atom stereocenters. The van der Waals surface area contributed by atoms with E-state index in [2.05, 4.69) is 51.8 Å². The molecule has 3 heteroatoms. The van der Waals surface area contributed by atoms with Gasteiger partial charge in [0, 0.05) is 15.7 Å². The summed E-state index contributed by atoms with van der Waals surface area (Å²) in [5, 5.41) is 0. The lowest BCUT2D eigenvalue weighted by Crippen LogP contribution is -2.44. The van der Waals surface area contributed by atoms with Gasteiger partial charge in [-0.2, -0.15) is 0 Å². The van der Waals surface area contributed by atoms with Crippen LogP contribution in [0.1, 0.15) is 50.1 Å². The highest BCUT2D eigenvalue weighted by atomic mass is 127. The molecule has 2 saturated heterocycles. The number of halogens is 2. The van der Waals surface area contributed by atoms with Crippen LogP contribution in [0.4, 0.5) is 0 Å². The van der Waals surface area contributed by atoms with E-state index in [0.29, 0.717) is 6.04 Å². The van der Waals surface area contributed by atoms with Gasteiger partial charge in [-0.05, 0) is 72.9 Å². The number of benzene rings is 1. The molecule has 1 aromatic rings. The van der Waals surface area contributed by atoms with E-state index in [-0.39, 0.29) is 12.4 Å². The molecule has 3 rings (SSSR count). The van der Waals surface area contributed by atoms with Crippen LogP contribution in [-0.2, 0) is 0 Å². The zero-order chi connectivity index (χ0) is 11.7. The summed E-state index contributed by atoms with van der Waals surface area (Å²) in [6.45, 7) is 1.32. The normalized spacial score (nSPS) is 28.3. The molecule has 0 N–H and O–H groups in total. The molecule has 0 aliphatic carbocycles. The van der Waals surface area contributed by atoms with E-state index in [1.165, 1.54) is 48.6 Å². The van der Waals surface area contributed by atoms with Gasteiger partial charge in [-0.15, -0.1) is 12.4 Å². The Morgan fingerprint density at radius 2 is 1.78 bits per heavy atom. The molecular weight excluding hydrogens is 357 g/mol. The molecule has 0 saturated carbocycles. The number of hydrogen-bond acceptors (Lipinski definition) is 1. The number of rotatable bonds is 1. The third kappa shape index (κ3) is 2.86. The molecule has 2 aliphatic heterocycles. The average Bonchev–Trinajstić information content (AvgIpc) is 2.39. The highest BCUT2D eigenvalue weighted by Gasteiger charge is 2.33. The molecule has 2 atom stereocenters. The molecule has 2 aliphatic rings. The van der Waals surface area contributed by atoms with Gasteiger partial charge in [0.25, 0.3) is 0 Å². The first kappa shape index (κ1) is 14.6. The fourth-order valence-corrected chi connectivity index (χ4v) is 4.28. The van der Waals surface area contributed by atoms with Crippen LogP contribution in [0.3, 0.4) is 0 Å². The van der Waals surface area contributed by atoms with Crippen molar-refractivity contribution in [2.45, 2.75) is 50.6 Å². The minimum absolute atomic E-state index is 0. The van der Waals surface area contributed by atoms with Crippen molar-refractivity contribution in [1.82, 2.24) is 4.90 Å². The van der Waals surface area contributed by atoms with E-state index in [9.17, 15) is 0 Å². The van der Waals surface area contributed by atoms with Crippen LogP contribution in [0.5, 0.6) is 0 Å². The molecule has 18 heavy (non-hydrogen) atoms. The fourth-order valence-electron chi connectivity index (χ4n) is 3.54. The topological polar surface area (TPSA) is 3.24 Å². The maximum absolute atomic E-state index is 2.80. The van der Waals surface area contributed by atoms with E-state index < -0.39 is 0 Å². The summed E-state index contributed by atoms with van der Waals surface area (Å²) in [5.41, 5.74) is 1.57. The standard InChI is InChI=1S/C15H20IN.ClH/c16-14-9-2-1-8-13(14)15-10-5-7-12-6-3-4-11-17(12)15;/h1-2,8-9,12,15H,3-7,10-11H2;1H/t12-,15-;/m1./s1. The van der Waals surface area contributed by atoms with Gasteiger partial charge in [0.1, 0.15) is 0 Å². The Kier molecular flexibility index (Phi) is 5.34. The Morgan fingerprint density at radius 3 is 2.61 bits per heavy atom. The van der Waals surface area contributed by atoms with E-state index in [1.54, 1.807) is 5.56 Å². The second kappa shape index (κ2) is 6.58. The van der Waals surface area contributed by atoms with E-state index in [1.807, 2.05) is 0 Å². The first-order chi connectivity index (χ1) is 8.36. The van der Waals surface area contributed by atoms with Gasteiger partial charge >= 0.3 is 0 Å². The zero-order valence-corrected chi connectivity index (χ0v) is 13.6. The summed E-state index contributed by atoms with van der Waals surface area (Å²) in [5.74, 6) is 0. The van der Waals surface area contributed by atoms with Crippen LogP contribution in [0.2, 0.25) is 0 Å². The van der Waals surface area contributed by atoms with Gasteiger partial charge in [0.15, 0.2) is 0 Å². The lowest BCUT2D eigenvalue weighted by molar-refractivity contribution is 0.0515. The highest BCUT2D eigenvalue weighted by molar-refractivity contribution is 14.1. The second-order valence-corrected chi connectivity index (χ2v) is 6.52. The molecule has 0 amide bonds. The highest BCUT2D eigenvalue weighted by Crippen LogP contribution is 2.39. The van der Waals surface area contributed by atoms with Crippen molar-refractivity contribution >= 4 is 35.0 Å². The third-order valence-corrected chi connectivity index (χ3v) is 5.33. The second-order valence-electron chi connectivity index (χ2n) is 5.36. The van der Waals surface area contributed by atoms with Crippen molar-refractivity contribution < 1.29 is 0 Å². The molecule has 0 bridgehead atoms. The van der Waals surface area contributed by atoms with E-state index >= 15 is 0 Å². The molecule has 2 fully saturated rings. The molecule has 1 nitrogen and oxygen atoms in total. The molecule has 0 spiro atoms. The number of fused-ring (bicyclic) bond motifs is 1. The Balaban J connectivity index is 0.00000120. The van der Waals surface area contributed by atoms with E-state index in [0.717, 1.165) is 6.04 Å². The minimum Gasteiger partial charge on any atom is -0.293 e. The number of piperidine rings is 2. The van der Waals surface area contributed by atoms with Gasteiger partial charge in [-0.1, -0.05) is 24.6 Å². The average molecular weight is 378 g/mol. The summed E-state index contributed by atoms with van der Waals surface area (Å²) in [6, 6.07) is 10.5. The Bertz CT molecular complexity index is 394. The van der Waals surface area contributed by atoms with Crippen molar-refractivity contribution in [1.29, 1.82) is 0 Å². The maximum Gasteiger partial charge on any atom is 0.0361 e. The molecule has 0 radical (unpaired) electrons. The van der Waals surface area contributed by atoms with Crippen molar-refractivity contribution in [3.63, 3.8) is 0 Å². The quantitative estimate of drug-likeness (QED) is 0.636. The number of nitrogens with zero attached hydrogens (tertiary/aromatic N) is 1. The summed E-state index contributed by atoms with van der Waals surface area (Å²) in [4.78, 5) is 2.80. The summed E-state index contributed by atoms with van der Waals surface area (Å²) in [7, 11) is 0. The van der Waals surface area contributed by atoms with Crippen LogP contribution < -0.4 is 0 Å². The Morgan fingerprint density at radius 1 is 1.00 bits per heavy atom. The van der Waals surface area contributed by atoms with Crippen molar-refractivity contribution in [2.24, 2.45) is 0 Å². The smallest absolute Gasteiger partial charge is 0.0361 e. The first-order valence-corrected chi connectivity index (χ1v) is 7.94. The van der Waals surface area contributed by atoms with Crippen LogP contribution >= 0.6 is 35.0 Å². The largest absolute Gasteiger partial charge is 0.293 e. The summed E-state index contributed by atoms with van der Waals surface area (Å²) in [6.07, 6.45) is 8.48. The van der Waals surface area contributed by atoms with Crippen molar-refractivity contribution in [2.75, 3.05) is 6.54 Å². The van der Waals surface area contributed by atoms with Crippen LogP contribution in [0.15, 0.2) is 24.3 Å². The zero-order valence-electron chi connectivity index (χ0n) is 10.6. The first-order valence-electron chi connectivity index (χ1n) is 6.86. The van der Waals surface area contributed by atoms with Gasteiger partial charge in [0.05, 0.1) is 0 Å². The van der Waals surface area contributed by atoms with Crippen LogP contribution in [0.25, 0.3) is 0 Å². The van der Waals surface area contributed by atoms with Gasteiger partial charge in [0.2, 0.25) is 0 Å². The lowest BCUT2D eigenvalue weighted by atomic mass is 9.86. The predicted octanol–water partition coefficient (Wildman–Crippen LogP) is 4.79. The SMILES string of the molecule is Cl.Ic1ccccc1[C@H]1CCC[C@H]2CCCCN21. The molecule has 0 aromatic heterocycles. The van der Waals surface area contributed by atoms with Crippen LogP contribution in [0, 0.1) is 3.57 Å². The Hall–Kier alpha value is 0.200. The monoisotopic (exact) mass is 377 g/mol. The molecule has 2 heterocycles. The van der Waals surface area contributed by atoms with Crippen molar-refractivity contribution in [3.05, 3.63) is 33.4 Å². The van der Waals surface area contributed by atoms with Gasteiger partial charge in [-0.25, -0.2) is 0 Å². The molecule has 1 aromatic carbocycles. The maximum atomic E-state index is 2.80. The fraction of sp³-hybridized carbons (Fsp3) is 0.600. The van der Waals surface area contributed by atoms with E-state index in [4.69, 9.17) is 0 Å². The minimum atomic E-state index is 0. The van der Waals surface area contributed by atoms with Gasteiger partial charge < -0.3 is 0 Å². The molecule has 100 valence electrons. The number of hydrogen-bond donors (Lipinski definition) is 0. The van der Waals surface area contributed by atoms with Crippen LogP contribution in [-0.4, -0.2) is 17.5 Å². The third-order valence-electron chi connectivity index (χ3n) is 4.35.